The van der Waals surface area contributed by atoms with E-state index in [4.69, 9.17) is 10.1 Å². The Hall–Kier alpha value is -3.02. The molecular weight excluding hydrogens is 336 g/mol. The van der Waals surface area contributed by atoms with E-state index in [1.807, 2.05) is 24.4 Å². The van der Waals surface area contributed by atoms with Crippen LogP contribution in [0.5, 0.6) is 0 Å². The summed E-state index contributed by atoms with van der Waals surface area (Å²) in [6, 6.07) is 20.7. The van der Waals surface area contributed by atoms with Crippen LogP contribution in [0.2, 0.25) is 0 Å². The number of aliphatic hydroxyl groups excluding tert-OH is 1. The minimum absolute atomic E-state index is 0.133. The number of hydrogen-bond donors (Lipinski definition) is 2. The highest BCUT2D eigenvalue weighted by molar-refractivity contribution is 5.76. The first-order chi connectivity index (χ1) is 13.3. The van der Waals surface area contributed by atoms with Crippen molar-refractivity contribution in [2.24, 2.45) is 0 Å². The second kappa shape index (κ2) is 7.70. The third-order valence-corrected chi connectivity index (χ3v) is 4.68. The van der Waals surface area contributed by atoms with Gasteiger partial charge >= 0.3 is 0 Å². The van der Waals surface area contributed by atoms with Crippen molar-refractivity contribution >= 4 is 5.65 Å². The smallest absolute Gasteiger partial charge is 0.182 e. The zero-order valence-electron chi connectivity index (χ0n) is 15.3. The van der Waals surface area contributed by atoms with Gasteiger partial charge in [-0.25, -0.2) is 9.50 Å². The molecule has 5 heteroatoms. The molecule has 0 saturated carbocycles. The third kappa shape index (κ3) is 3.60. The van der Waals surface area contributed by atoms with Gasteiger partial charge < -0.3 is 10.4 Å². The van der Waals surface area contributed by atoms with Gasteiger partial charge in [0.2, 0.25) is 0 Å². The lowest BCUT2D eigenvalue weighted by molar-refractivity contribution is 0.292. The Balaban J connectivity index is 1.70. The van der Waals surface area contributed by atoms with Gasteiger partial charge in [-0.05, 0) is 41.3 Å². The maximum atomic E-state index is 8.89. The van der Waals surface area contributed by atoms with E-state index >= 15 is 0 Å². The average Bonchev–Trinajstić information content (AvgIpc) is 3.12. The molecular formula is C22H22N4O. The molecule has 0 fully saturated rings. The average molecular weight is 358 g/mol. The molecule has 136 valence electrons. The SMILES string of the molecule is Cc1c(-c2ccccc2)cccc1-c1nc2cc(CNCCO)ccn2n1. The fraction of sp³-hybridized carbons (Fsp3) is 0.182. The summed E-state index contributed by atoms with van der Waals surface area (Å²) in [7, 11) is 0. The molecule has 0 atom stereocenters. The monoisotopic (exact) mass is 358 g/mol. The normalized spacial score (nSPS) is 11.2. The fourth-order valence-electron chi connectivity index (χ4n) is 3.27. The third-order valence-electron chi connectivity index (χ3n) is 4.68. The molecule has 5 nitrogen and oxygen atoms in total. The van der Waals surface area contributed by atoms with Crippen LogP contribution in [0.4, 0.5) is 0 Å². The van der Waals surface area contributed by atoms with E-state index in [-0.39, 0.29) is 6.61 Å². The molecule has 0 bridgehead atoms. The molecule has 0 radical (unpaired) electrons. The van der Waals surface area contributed by atoms with Crippen LogP contribution in [0.1, 0.15) is 11.1 Å². The number of fused-ring (bicyclic) bond motifs is 1. The van der Waals surface area contributed by atoms with E-state index in [1.165, 1.54) is 16.7 Å². The number of pyridine rings is 1. The van der Waals surface area contributed by atoms with Crippen LogP contribution in [-0.2, 0) is 6.54 Å². The van der Waals surface area contributed by atoms with Gasteiger partial charge in [0.05, 0.1) is 6.61 Å². The molecule has 0 unspecified atom stereocenters. The van der Waals surface area contributed by atoms with Crippen molar-refractivity contribution in [3.05, 3.63) is 78.0 Å². The number of rotatable bonds is 6. The van der Waals surface area contributed by atoms with E-state index in [9.17, 15) is 0 Å². The van der Waals surface area contributed by atoms with Crippen LogP contribution in [0.25, 0.3) is 28.2 Å². The Morgan fingerprint density at radius 2 is 1.81 bits per heavy atom. The predicted molar refractivity (Wildman–Crippen MR) is 107 cm³/mol. The van der Waals surface area contributed by atoms with Crippen molar-refractivity contribution in [2.75, 3.05) is 13.2 Å². The first kappa shape index (κ1) is 17.4. The van der Waals surface area contributed by atoms with Gasteiger partial charge in [-0.3, -0.25) is 0 Å². The van der Waals surface area contributed by atoms with E-state index < -0.39 is 0 Å². The number of hydrogen-bond acceptors (Lipinski definition) is 4. The highest BCUT2D eigenvalue weighted by Crippen LogP contribution is 2.30. The minimum atomic E-state index is 0.133. The Bertz CT molecular complexity index is 1060. The molecule has 0 spiro atoms. The number of nitrogens with one attached hydrogen (secondary N) is 1. The molecule has 4 aromatic rings. The van der Waals surface area contributed by atoms with Gasteiger partial charge in [0.25, 0.3) is 0 Å². The zero-order chi connectivity index (χ0) is 18.6. The quantitative estimate of drug-likeness (QED) is 0.518. The van der Waals surface area contributed by atoms with Crippen LogP contribution in [0, 0.1) is 6.92 Å². The van der Waals surface area contributed by atoms with E-state index in [0.29, 0.717) is 13.1 Å². The first-order valence-corrected chi connectivity index (χ1v) is 9.08. The second-order valence-electron chi connectivity index (χ2n) is 6.52. The molecule has 27 heavy (non-hydrogen) atoms. The van der Waals surface area contributed by atoms with Crippen LogP contribution in [-0.4, -0.2) is 32.9 Å². The number of benzene rings is 2. The minimum Gasteiger partial charge on any atom is -0.395 e. The lowest BCUT2D eigenvalue weighted by atomic mass is 9.96. The number of aliphatic hydroxyl groups is 1. The highest BCUT2D eigenvalue weighted by atomic mass is 16.3. The Kier molecular flexibility index (Phi) is 4.96. The van der Waals surface area contributed by atoms with Crippen molar-refractivity contribution in [3.63, 3.8) is 0 Å². The van der Waals surface area contributed by atoms with Gasteiger partial charge in [0.1, 0.15) is 0 Å². The Morgan fingerprint density at radius 1 is 1.00 bits per heavy atom. The lowest BCUT2D eigenvalue weighted by Gasteiger charge is -2.09. The Morgan fingerprint density at radius 3 is 2.63 bits per heavy atom. The van der Waals surface area contributed by atoms with Gasteiger partial charge in [0.15, 0.2) is 11.5 Å². The summed E-state index contributed by atoms with van der Waals surface area (Å²) in [4.78, 5) is 4.74. The van der Waals surface area contributed by atoms with Gasteiger partial charge in [0, 0.05) is 24.8 Å². The molecule has 2 heterocycles. The second-order valence-corrected chi connectivity index (χ2v) is 6.52. The molecule has 2 aromatic carbocycles. The van der Waals surface area contributed by atoms with Crippen LogP contribution in [0.3, 0.4) is 0 Å². The lowest BCUT2D eigenvalue weighted by Crippen LogP contribution is -2.17. The molecule has 0 amide bonds. The topological polar surface area (TPSA) is 62.5 Å². The summed E-state index contributed by atoms with van der Waals surface area (Å²) in [5.74, 6) is 0.728. The van der Waals surface area contributed by atoms with Crippen molar-refractivity contribution in [1.29, 1.82) is 0 Å². The van der Waals surface area contributed by atoms with E-state index in [0.717, 1.165) is 22.6 Å². The maximum Gasteiger partial charge on any atom is 0.182 e. The largest absolute Gasteiger partial charge is 0.395 e. The Labute approximate surface area is 158 Å². The number of aromatic nitrogens is 3. The predicted octanol–water partition coefficient (Wildman–Crippen LogP) is 3.45. The number of nitrogens with zero attached hydrogens (tertiary/aromatic N) is 3. The zero-order valence-corrected chi connectivity index (χ0v) is 15.3. The first-order valence-electron chi connectivity index (χ1n) is 9.08. The van der Waals surface area contributed by atoms with Crippen molar-refractivity contribution in [2.45, 2.75) is 13.5 Å². The molecule has 0 aliphatic rings. The summed E-state index contributed by atoms with van der Waals surface area (Å²) >= 11 is 0. The summed E-state index contributed by atoms with van der Waals surface area (Å²) in [5.41, 5.74) is 6.53. The van der Waals surface area contributed by atoms with E-state index in [2.05, 4.69) is 59.8 Å². The van der Waals surface area contributed by atoms with Crippen LogP contribution < -0.4 is 5.32 Å². The summed E-state index contributed by atoms with van der Waals surface area (Å²) in [6.07, 6.45) is 1.93. The van der Waals surface area contributed by atoms with Crippen molar-refractivity contribution in [3.8, 4) is 22.5 Å². The molecule has 2 N–H and O–H groups in total. The van der Waals surface area contributed by atoms with Crippen molar-refractivity contribution < 1.29 is 5.11 Å². The summed E-state index contributed by atoms with van der Waals surface area (Å²) in [6.45, 7) is 3.53. The molecule has 0 saturated heterocycles. The standard InChI is InChI=1S/C22H22N4O/c1-16-19(18-6-3-2-4-7-18)8-5-9-20(16)22-24-21-14-17(15-23-11-13-27)10-12-26(21)25-22/h2-10,12,14,23,27H,11,13,15H2,1H3. The van der Waals surface area contributed by atoms with E-state index in [1.54, 1.807) is 4.52 Å². The van der Waals surface area contributed by atoms with Gasteiger partial charge in [-0.2, -0.15) is 0 Å². The highest BCUT2D eigenvalue weighted by Gasteiger charge is 2.12. The maximum absolute atomic E-state index is 8.89. The van der Waals surface area contributed by atoms with Crippen molar-refractivity contribution in [1.82, 2.24) is 19.9 Å². The van der Waals surface area contributed by atoms with Gasteiger partial charge in [-0.1, -0.05) is 48.5 Å². The van der Waals surface area contributed by atoms with Gasteiger partial charge in [-0.15, -0.1) is 5.10 Å². The van der Waals surface area contributed by atoms with Crippen LogP contribution >= 0.6 is 0 Å². The fourth-order valence-corrected chi connectivity index (χ4v) is 3.27. The molecule has 0 aliphatic heterocycles. The molecule has 2 aromatic heterocycles. The summed E-state index contributed by atoms with van der Waals surface area (Å²) < 4.78 is 1.81. The molecule has 4 rings (SSSR count). The van der Waals surface area contributed by atoms with Crippen LogP contribution in [0.15, 0.2) is 66.9 Å². The summed E-state index contributed by atoms with van der Waals surface area (Å²) in [5, 5.41) is 16.7. The molecule has 0 aliphatic carbocycles.